The Morgan fingerprint density at radius 3 is 2.56 bits per heavy atom. The molecular formula is C30H39ClN8O2. The van der Waals surface area contributed by atoms with E-state index in [1.165, 1.54) is 12.5 Å². The van der Waals surface area contributed by atoms with Crippen LogP contribution in [0.15, 0.2) is 18.7 Å². The smallest absolute Gasteiger partial charge is 0.245 e. The summed E-state index contributed by atoms with van der Waals surface area (Å²) in [6, 6.07) is 2.72. The van der Waals surface area contributed by atoms with Gasteiger partial charge in [0, 0.05) is 49.5 Å². The van der Waals surface area contributed by atoms with Crippen LogP contribution in [-0.4, -0.2) is 93.2 Å². The number of nitrogens with zero attached hydrogens (tertiary/aromatic N) is 6. The summed E-state index contributed by atoms with van der Waals surface area (Å²) in [6.45, 7) is 13.8. The van der Waals surface area contributed by atoms with Gasteiger partial charge < -0.3 is 20.3 Å². The maximum absolute atomic E-state index is 12.3. The molecule has 1 aliphatic carbocycles. The number of likely N-dealkylation sites (tertiary alicyclic amines) is 1. The first kappa shape index (κ1) is 26.8. The van der Waals surface area contributed by atoms with Crippen molar-refractivity contribution in [3.8, 4) is 11.1 Å². The number of amides is 1. The van der Waals surface area contributed by atoms with Crippen molar-refractivity contribution in [1.82, 2.24) is 29.8 Å². The molecule has 1 spiro atoms. The number of hydrogen-bond acceptors (Lipinski definition) is 7. The van der Waals surface area contributed by atoms with Gasteiger partial charge >= 0.3 is 0 Å². The highest BCUT2D eigenvalue weighted by Crippen LogP contribution is 2.50. The third-order valence-electron chi connectivity index (χ3n) is 10.0. The Bertz CT molecular complexity index is 1510. The second-order valence-corrected chi connectivity index (χ2v) is 12.7. The molecule has 10 nitrogen and oxygen atoms in total. The molecule has 3 N–H and O–H groups in total. The third kappa shape index (κ3) is 4.17. The molecule has 1 amide bonds. The van der Waals surface area contributed by atoms with E-state index in [1.54, 1.807) is 0 Å². The molecule has 0 unspecified atom stereocenters. The van der Waals surface area contributed by atoms with E-state index in [1.807, 2.05) is 17.9 Å². The second kappa shape index (κ2) is 10.0. The molecule has 11 heteroatoms. The third-order valence-corrected chi connectivity index (χ3v) is 10.5. The molecule has 4 aliphatic rings. The van der Waals surface area contributed by atoms with Crippen molar-refractivity contribution in [2.45, 2.75) is 63.6 Å². The molecule has 5 heterocycles. The first-order valence-electron chi connectivity index (χ1n) is 14.8. The summed E-state index contributed by atoms with van der Waals surface area (Å²) in [5.41, 5.74) is 11.4. The number of nitrogens with two attached hydrogens (primary N) is 1. The number of carbonyl (C=O) groups excluding carboxylic acids is 1. The van der Waals surface area contributed by atoms with Crippen LogP contribution in [-0.2, 0) is 9.53 Å². The molecule has 1 saturated carbocycles. The summed E-state index contributed by atoms with van der Waals surface area (Å²) in [5, 5.41) is 14.4. The van der Waals surface area contributed by atoms with Crippen LogP contribution in [0.2, 0.25) is 5.02 Å². The zero-order chi connectivity index (χ0) is 28.5. The summed E-state index contributed by atoms with van der Waals surface area (Å²) >= 11 is 7.17. The molecule has 0 bridgehead atoms. The Morgan fingerprint density at radius 1 is 1.17 bits per heavy atom. The Balaban J connectivity index is 1.36. The van der Waals surface area contributed by atoms with Gasteiger partial charge in [0.1, 0.15) is 0 Å². The van der Waals surface area contributed by atoms with Gasteiger partial charge in [-0.15, -0.1) is 0 Å². The molecule has 1 aromatic carbocycles. The molecule has 0 radical (unpaired) electrons. The number of carbonyl (C=O) groups is 1. The number of fused-ring (bicyclic) bond motifs is 1. The number of nitrogen functional groups attached to an aromatic ring is 1. The minimum absolute atomic E-state index is 0.00644. The largest absolute Gasteiger partial charge is 0.382 e. The number of aromatic nitrogens is 4. The monoisotopic (exact) mass is 578 g/mol. The quantitative estimate of drug-likeness (QED) is 0.439. The Hall–Kier alpha value is -3.08. The van der Waals surface area contributed by atoms with Gasteiger partial charge in [0.25, 0.3) is 0 Å². The highest BCUT2D eigenvalue weighted by molar-refractivity contribution is 6.36. The van der Waals surface area contributed by atoms with Crippen LogP contribution in [0.5, 0.6) is 0 Å². The van der Waals surface area contributed by atoms with Gasteiger partial charge in [-0.05, 0) is 63.7 Å². The predicted molar refractivity (Wildman–Crippen MR) is 161 cm³/mol. The number of halogens is 1. The molecule has 41 heavy (non-hydrogen) atoms. The number of benzene rings is 1. The average Bonchev–Trinajstić information content (AvgIpc) is 3.46. The minimum atomic E-state index is -0.00644. The maximum Gasteiger partial charge on any atom is 0.245 e. The second-order valence-electron chi connectivity index (χ2n) is 12.3. The lowest BCUT2D eigenvalue weighted by Gasteiger charge is -2.58. The molecule has 218 valence electrons. The van der Waals surface area contributed by atoms with Crippen molar-refractivity contribution < 1.29 is 9.53 Å². The number of hydrogen-bond donors (Lipinski definition) is 2. The number of nitrogens with one attached hydrogen (secondary N) is 1. The van der Waals surface area contributed by atoms with E-state index in [4.69, 9.17) is 27.2 Å². The highest BCUT2D eigenvalue weighted by Gasteiger charge is 2.50. The van der Waals surface area contributed by atoms with Crippen molar-refractivity contribution in [3.05, 3.63) is 35.0 Å². The summed E-state index contributed by atoms with van der Waals surface area (Å²) in [6.07, 6.45) is 6.60. The molecule has 7 rings (SSSR count). The van der Waals surface area contributed by atoms with Crippen LogP contribution >= 0.6 is 11.6 Å². The topological polar surface area (TPSA) is 109 Å². The summed E-state index contributed by atoms with van der Waals surface area (Å²) in [5.74, 6) is 1.43. The molecular weight excluding hydrogens is 540 g/mol. The number of anilines is 2. The molecule has 3 aromatic rings. The van der Waals surface area contributed by atoms with Crippen LogP contribution in [0.3, 0.4) is 0 Å². The van der Waals surface area contributed by atoms with Gasteiger partial charge in [-0.25, -0.2) is 0 Å². The molecule has 4 fully saturated rings. The number of aromatic amines is 1. The first-order valence-corrected chi connectivity index (χ1v) is 15.2. The zero-order valence-electron chi connectivity index (χ0n) is 24.0. The van der Waals surface area contributed by atoms with Gasteiger partial charge in [0.2, 0.25) is 5.91 Å². The Morgan fingerprint density at radius 2 is 1.93 bits per heavy atom. The summed E-state index contributed by atoms with van der Waals surface area (Å²) in [7, 11) is 0. The first-order chi connectivity index (χ1) is 19.8. The fraction of sp³-hybridized carbons (Fsp3) is 0.567. The van der Waals surface area contributed by atoms with E-state index in [0.29, 0.717) is 30.0 Å². The van der Waals surface area contributed by atoms with E-state index in [2.05, 4.69) is 38.2 Å². The molecule has 0 atom stereocenters. The number of piperazine rings is 1. The molecule has 2 aromatic heterocycles. The lowest BCUT2D eigenvalue weighted by atomic mass is 9.73. The van der Waals surface area contributed by atoms with E-state index in [-0.39, 0.29) is 17.5 Å². The number of ether oxygens (including phenoxy) is 1. The van der Waals surface area contributed by atoms with Crippen molar-refractivity contribution in [1.29, 1.82) is 0 Å². The van der Waals surface area contributed by atoms with Gasteiger partial charge in [-0.3, -0.25) is 19.5 Å². The van der Waals surface area contributed by atoms with Crippen LogP contribution in [0, 0.1) is 13.8 Å². The number of H-pyrrole nitrogens is 1. The molecule has 3 saturated heterocycles. The van der Waals surface area contributed by atoms with Gasteiger partial charge in [-0.1, -0.05) is 18.2 Å². The maximum atomic E-state index is 12.3. The number of rotatable bonds is 5. The van der Waals surface area contributed by atoms with E-state index in [0.717, 1.165) is 97.6 Å². The predicted octanol–water partition coefficient (Wildman–Crippen LogP) is 4.07. The summed E-state index contributed by atoms with van der Waals surface area (Å²) < 4.78 is 7.75. The lowest BCUT2D eigenvalue weighted by molar-refractivity contribution is -0.127. The van der Waals surface area contributed by atoms with Crippen LogP contribution in [0.4, 0.5) is 11.6 Å². The van der Waals surface area contributed by atoms with Gasteiger partial charge in [0.05, 0.1) is 46.8 Å². The lowest BCUT2D eigenvalue weighted by Crippen LogP contribution is -2.69. The van der Waals surface area contributed by atoms with E-state index in [9.17, 15) is 4.79 Å². The fourth-order valence-corrected chi connectivity index (χ4v) is 7.70. The van der Waals surface area contributed by atoms with Crippen molar-refractivity contribution >= 4 is 40.0 Å². The van der Waals surface area contributed by atoms with Crippen LogP contribution in [0.25, 0.3) is 22.0 Å². The number of piperidine rings is 1. The Kier molecular flexibility index (Phi) is 6.55. The highest BCUT2D eigenvalue weighted by atomic mass is 35.5. The molecule has 3 aliphatic heterocycles. The van der Waals surface area contributed by atoms with Crippen LogP contribution < -0.4 is 10.6 Å². The zero-order valence-corrected chi connectivity index (χ0v) is 24.7. The number of aryl methyl sites for hydroxylation is 1. The Labute approximate surface area is 245 Å². The fourth-order valence-electron chi connectivity index (χ4n) is 7.46. The standard InChI is InChI=1S/C30H39ClN8O2/c1-4-23(40)36-10-6-20(7-11-36)39-19(3)24(26-25-22(33-34-28(25)32)14-18(2)27(26)31)29(35-39)38-13-12-37(21-15-41-16-21)17-30(38)8-5-9-30/h4,14,20-21H,1,5-13,15-17H2,2-3H3,(H3,32,33,34). The van der Waals surface area contributed by atoms with Gasteiger partial charge in [0.15, 0.2) is 11.6 Å². The van der Waals surface area contributed by atoms with Gasteiger partial charge in [-0.2, -0.15) is 10.2 Å². The van der Waals surface area contributed by atoms with Crippen molar-refractivity contribution in [3.63, 3.8) is 0 Å². The van der Waals surface area contributed by atoms with Crippen molar-refractivity contribution in [2.24, 2.45) is 0 Å². The normalized spacial score (nSPS) is 21.8. The van der Waals surface area contributed by atoms with Crippen LogP contribution in [0.1, 0.15) is 49.4 Å². The van der Waals surface area contributed by atoms with E-state index < -0.39 is 0 Å². The SMILES string of the molecule is C=CC(=O)N1CCC(n2nc(N3CCN(C4COC4)CC34CCC4)c(-c3c(Cl)c(C)cc4[nH]nc(N)c34)c2C)CC1. The van der Waals surface area contributed by atoms with Crippen molar-refractivity contribution in [2.75, 3.05) is 56.6 Å². The summed E-state index contributed by atoms with van der Waals surface area (Å²) in [4.78, 5) is 19.4. The van der Waals surface area contributed by atoms with E-state index >= 15 is 0 Å². The average molecular weight is 579 g/mol. The minimum Gasteiger partial charge on any atom is -0.382 e.